The summed E-state index contributed by atoms with van der Waals surface area (Å²) in [5.74, 6) is 0.153. The van der Waals surface area contributed by atoms with Crippen LogP contribution in [0.5, 0.6) is 0 Å². The molecule has 1 aliphatic heterocycles. The molecule has 1 aromatic rings. The van der Waals surface area contributed by atoms with Gasteiger partial charge in [0.2, 0.25) is 5.91 Å². The van der Waals surface area contributed by atoms with E-state index in [1.165, 1.54) is 5.56 Å². The second kappa shape index (κ2) is 8.10. The van der Waals surface area contributed by atoms with Gasteiger partial charge in [-0.3, -0.25) is 14.6 Å². The van der Waals surface area contributed by atoms with Crippen LogP contribution in [0.15, 0.2) is 30.3 Å². The largest absolute Gasteiger partial charge is 0.390 e. The molecule has 1 heterocycles. The summed E-state index contributed by atoms with van der Waals surface area (Å²) in [6.45, 7) is 2.91. The lowest BCUT2D eigenvalue weighted by atomic mass is 10.2. The number of likely N-dealkylation sites (N-methyl/N-ethyl adjacent to an activating group) is 1. The van der Waals surface area contributed by atoms with E-state index in [0.717, 1.165) is 38.8 Å². The predicted molar refractivity (Wildman–Crippen MR) is 94.5 cm³/mol. The maximum atomic E-state index is 12.3. The summed E-state index contributed by atoms with van der Waals surface area (Å²) >= 11 is 0. The summed E-state index contributed by atoms with van der Waals surface area (Å²) in [7, 11) is 2.03. The van der Waals surface area contributed by atoms with Gasteiger partial charge in [-0.25, -0.2) is 0 Å². The van der Waals surface area contributed by atoms with E-state index in [9.17, 15) is 9.90 Å². The Morgan fingerprint density at radius 1 is 1.33 bits per heavy atom. The predicted octanol–water partition coefficient (Wildman–Crippen LogP) is 1.22. The molecule has 2 fully saturated rings. The number of likely N-dealkylation sites (tertiary alicyclic amines) is 1. The molecule has 2 atom stereocenters. The summed E-state index contributed by atoms with van der Waals surface area (Å²) < 4.78 is 0. The fraction of sp³-hybridized carbons (Fsp3) is 0.632. The van der Waals surface area contributed by atoms with Crippen LogP contribution in [0.2, 0.25) is 0 Å². The van der Waals surface area contributed by atoms with Crippen molar-refractivity contribution in [3.8, 4) is 0 Å². The number of rotatable bonds is 8. The summed E-state index contributed by atoms with van der Waals surface area (Å²) in [5, 5.41) is 13.5. The molecule has 132 valence electrons. The van der Waals surface area contributed by atoms with Gasteiger partial charge in [0.05, 0.1) is 12.1 Å². The molecule has 5 nitrogen and oxygen atoms in total. The molecule has 1 aromatic carbocycles. The Bertz CT molecular complexity index is 533. The van der Waals surface area contributed by atoms with Crippen LogP contribution in [-0.2, 0) is 11.3 Å². The monoisotopic (exact) mass is 331 g/mol. The molecule has 1 amide bonds. The Morgan fingerprint density at radius 2 is 2.08 bits per heavy atom. The Morgan fingerprint density at radius 3 is 2.79 bits per heavy atom. The molecule has 0 bridgehead atoms. The van der Waals surface area contributed by atoms with Crippen molar-refractivity contribution in [2.75, 3.05) is 26.7 Å². The zero-order valence-electron chi connectivity index (χ0n) is 14.5. The van der Waals surface area contributed by atoms with E-state index in [1.807, 2.05) is 25.2 Å². The molecule has 0 spiro atoms. The van der Waals surface area contributed by atoms with Crippen LogP contribution in [0.1, 0.15) is 31.2 Å². The minimum absolute atomic E-state index is 0.0559. The first-order chi connectivity index (χ1) is 11.6. The van der Waals surface area contributed by atoms with Crippen molar-refractivity contribution in [2.24, 2.45) is 0 Å². The molecular formula is C19H29N3O2. The molecule has 0 aromatic heterocycles. The lowest BCUT2D eigenvalue weighted by molar-refractivity contribution is -0.126. The van der Waals surface area contributed by atoms with E-state index in [2.05, 4.69) is 27.2 Å². The summed E-state index contributed by atoms with van der Waals surface area (Å²) in [6, 6.07) is 10.6. The number of amides is 1. The van der Waals surface area contributed by atoms with Gasteiger partial charge in [-0.05, 0) is 44.8 Å². The fourth-order valence-electron chi connectivity index (χ4n) is 3.51. The number of benzene rings is 1. The lowest BCUT2D eigenvalue weighted by Crippen LogP contribution is -2.47. The van der Waals surface area contributed by atoms with Crippen LogP contribution in [0.25, 0.3) is 0 Å². The number of hydrogen-bond donors (Lipinski definition) is 2. The average molecular weight is 331 g/mol. The zero-order valence-corrected chi connectivity index (χ0v) is 14.5. The van der Waals surface area contributed by atoms with Gasteiger partial charge in [-0.15, -0.1) is 0 Å². The van der Waals surface area contributed by atoms with Gasteiger partial charge in [0.25, 0.3) is 0 Å². The summed E-state index contributed by atoms with van der Waals surface area (Å²) in [4.78, 5) is 16.6. The fourth-order valence-corrected chi connectivity index (χ4v) is 3.51. The summed E-state index contributed by atoms with van der Waals surface area (Å²) in [5.41, 5.74) is 1.25. The van der Waals surface area contributed by atoms with Crippen molar-refractivity contribution in [2.45, 2.75) is 50.4 Å². The SMILES string of the molecule is CN(Cc1ccccc1)CC(O)CN1CCCC1C(=O)NC1CC1. The number of hydrogen-bond acceptors (Lipinski definition) is 4. The molecule has 2 unspecified atom stereocenters. The van der Waals surface area contributed by atoms with Gasteiger partial charge in [0.15, 0.2) is 0 Å². The number of nitrogens with one attached hydrogen (secondary N) is 1. The van der Waals surface area contributed by atoms with Gasteiger partial charge < -0.3 is 10.4 Å². The van der Waals surface area contributed by atoms with Crippen molar-refractivity contribution >= 4 is 5.91 Å². The highest BCUT2D eigenvalue weighted by molar-refractivity contribution is 5.82. The van der Waals surface area contributed by atoms with Crippen LogP contribution in [0, 0.1) is 0 Å². The van der Waals surface area contributed by atoms with Gasteiger partial charge in [0.1, 0.15) is 0 Å². The highest BCUT2D eigenvalue weighted by atomic mass is 16.3. The van der Waals surface area contributed by atoms with Crippen LogP contribution in [-0.4, -0.2) is 65.7 Å². The van der Waals surface area contributed by atoms with Crippen molar-refractivity contribution in [1.82, 2.24) is 15.1 Å². The molecule has 5 heteroatoms. The molecule has 0 radical (unpaired) electrons. The quantitative estimate of drug-likeness (QED) is 0.752. The second-order valence-corrected chi connectivity index (χ2v) is 7.27. The maximum absolute atomic E-state index is 12.3. The Balaban J connectivity index is 1.44. The number of nitrogens with zero attached hydrogens (tertiary/aromatic N) is 2. The summed E-state index contributed by atoms with van der Waals surface area (Å²) in [6.07, 6.45) is 3.74. The van der Waals surface area contributed by atoms with Crippen LogP contribution in [0.4, 0.5) is 0 Å². The van der Waals surface area contributed by atoms with Crippen LogP contribution < -0.4 is 5.32 Å². The average Bonchev–Trinajstić information content (AvgIpc) is 3.23. The van der Waals surface area contributed by atoms with Gasteiger partial charge >= 0.3 is 0 Å². The van der Waals surface area contributed by atoms with Crippen molar-refractivity contribution in [3.05, 3.63) is 35.9 Å². The normalized spacial score (nSPS) is 22.7. The standard InChI is InChI=1S/C19H29N3O2/c1-21(12-15-6-3-2-4-7-15)13-17(23)14-22-11-5-8-18(22)19(24)20-16-9-10-16/h2-4,6-7,16-18,23H,5,8-14H2,1H3,(H,20,24). The Kier molecular flexibility index (Phi) is 5.87. The van der Waals surface area contributed by atoms with E-state index in [0.29, 0.717) is 19.1 Å². The van der Waals surface area contributed by atoms with Crippen molar-refractivity contribution in [1.29, 1.82) is 0 Å². The van der Waals surface area contributed by atoms with E-state index in [4.69, 9.17) is 0 Å². The van der Waals surface area contributed by atoms with Gasteiger partial charge in [0, 0.05) is 25.7 Å². The smallest absolute Gasteiger partial charge is 0.237 e. The van der Waals surface area contributed by atoms with Gasteiger partial charge in [-0.2, -0.15) is 0 Å². The van der Waals surface area contributed by atoms with Crippen LogP contribution >= 0.6 is 0 Å². The Hall–Kier alpha value is -1.43. The third kappa shape index (κ3) is 5.03. The van der Waals surface area contributed by atoms with Gasteiger partial charge in [-0.1, -0.05) is 30.3 Å². The minimum Gasteiger partial charge on any atom is -0.390 e. The number of aliphatic hydroxyl groups excluding tert-OH is 1. The highest BCUT2D eigenvalue weighted by Gasteiger charge is 2.34. The van der Waals surface area contributed by atoms with E-state index >= 15 is 0 Å². The molecular weight excluding hydrogens is 302 g/mol. The molecule has 1 aliphatic carbocycles. The van der Waals surface area contributed by atoms with Crippen molar-refractivity contribution in [3.63, 3.8) is 0 Å². The molecule has 1 saturated carbocycles. The molecule has 2 N–H and O–H groups in total. The first-order valence-electron chi connectivity index (χ1n) is 9.07. The van der Waals surface area contributed by atoms with Crippen molar-refractivity contribution < 1.29 is 9.90 Å². The topological polar surface area (TPSA) is 55.8 Å². The molecule has 24 heavy (non-hydrogen) atoms. The number of carbonyl (C=O) groups excluding carboxylic acids is 1. The lowest BCUT2D eigenvalue weighted by Gasteiger charge is -2.28. The zero-order chi connectivity index (χ0) is 16.9. The van der Waals surface area contributed by atoms with E-state index in [-0.39, 0.29) is 11.9 Å². The number of β-amino-alcohol motifs (C(OH)–C–C–N with tert-alkyl or cyclic N) is 1. The first kappa shape index (κ1) is 17.4. The number of carbonyl (C=O) groups is 1. The second-order valence-electron chi connectivity index (χ2n) is 7.27. The first-order valence-corrected chi connectivity index (χ1v) is 9.07. The van der Waals surface area contributed by atoms with Crippen LogP contribution in [0.3, 0.4) is 0 Å². The minimum atomic E-state index is -0.437. The third-order valence-corrected chi connectivity index (χ3v) is 4.85. The highest BCUT2D eigenvalue weighted by Crippen LogP contribution is 2.22. The number of aliphatic hydroxyl groups is 1. The Labute approximate surface area is 144 Å². The molecule has 3 rings (SSSR count). The third-order valence-electron chi connectivity index (χ3n) is 4.85. The molecule has 2 aliphatic rings. The van der Waals surface area contributed by atoms with E-state index < -0.39 is 6.10 Å². The van der Waals surface area contributed by atoms with E-state index in [1.54, 1.807) is 0 Å². The maximum Gasteiger partial charge on any atom is 0.237 e. The molecule has 1 saturated heterocycles.